The van der Waals surface area contributed by atoms with Gasteiger partial charge in [-0.05, 0) is 38.1 Å². The highest BCUT2D eigenvalue weighted by Gasteiger charge is 2.25. The molecule has 0 saturated carbocycles. The number of carbonyl (C=O) groups excluding carboxylic acids is 1. The molecular weight excluding hydrogens is 326 g/mol. The van der Waals surface area contributed by atoms with Crippen LogP contribution in [-0.2, 0) is 21.2 Å². The molecule has 0 radical (unpaired) electrons. The van der Waals surface area contributed by atoms with Gasteiger partial charge in [-0.1, -0.05) is 6.07 Å². The molecule has 2 rings (SSSR count). The number of rotatable bonds is 5. The molecule has 1 amide bonds. The Balaban J connectivity index is 0.00000242. The molecule has 6 nitrogen and oxygen atoms in total. The molecule has 0 bridgehead atoms. The van der Waals surface area contributed by atoms with Gasteiger partial charge < -0.3 is 10.2 Å². The molecule has 124 valence electrons. The first-order valence-electron chi connectivity index (χ1n) is 6.93. The van der Waals surface area contributed by atoms with Crippen molar-refractivity contribution in [2.24, 2.45) is 0 Å². The van der Waals surface area contributed by atoms with E-state index in [4.69, 9.17) is 0 Å². The summed E-state index contributed by atoms with van der Waals surface area (Å²) >= 11 is 0. The van der Waals surface area contributed by atoms with Crippen LogP contribution in [0.1, 0.15) is 19.4 Å². The lowest BCUT2D eigenvalue weighted by Crippen LogP contribution is -2.37. The summed E-state index contributed by atoms with van der Waals surface area (Å²) in [6, 6.07) is 5.00. The van der Waals surface area contributed by atoms with Gasteiger partial charge >= 0.3 is 0 Å². The smallest absolute Gasteiger partial charge is 0.240 e. The van der Waals surface area contributed by atoms with E-state index in [-0.39, 0.29) is 29.3 Å². The number of nitrogens with one attached hydrogen (secondary N) is 2. The van der Waals surface area contributed by atoms with Crippen molar-refractivity contribution in [3.05, 3.63) is 23.8 Å². The van der Waals surface area contributed by atoms with Crippen LogP contribution in [0.4, 0.5) is 5.69 Å². The van der Waals surface area contributed by atoms with E-state index in [9.17, 15) is 13.2 Å². The van der Waals surface area contributed by atoms with Crippen LogP contribution < -0.4 is 14.9 Å². The van der Waals surface area contributed by atoms with Gasteiger partial charge in [0.1, 0.15) is 0 Å². The van der Waals surface area contributed by atoms with Crippen molar-refractivity contribution in [2.45, 2.75) is 31.2 Å². The van der Waals surface area contributed by atoms with Crippen LogP contribution >= 0.6 is 12.4 Å². The van der Waals surface area contributed by atoms with E-state index in [1.807, 2.05) is 6.92 Å². The summed E-state index contributed by atoms with van der Waals surface area (Å²) in [4.78, 5) is 13.4. The summed E-state index contributed by atoms with van der Waals surface area (Å²) in [7, 11) is -1.79. The number of sulfonamides is 1. The number of anilines is 1. The Morgan fingerprint density at radius 3 is 2.68 bits per heavy atom. The third kappa shape index (κ3) is 3.98. The van der Waals surface area contributed by atoms with Crippen LogP contribution in [0.25, 0.3) is 0 Å². The monoisotopic (exact) mass is 347 g/mol. The van der Waals surface area contributed by atoms with Gasteiger partial charge in [-0.15, -0.1) is 12.4 Å². The maximum atomic E-state index is 12.3. The third-order valence-electron chi connectivity index (χ3n) is 3.72. The van der Waals surface area contributed by atoms with Crippen molar-refractivity contribution < 1.29 is 13.2 Å². The Bertz CT molecular complexity index is 649. The molecular formula is C14H22ClN3O3S. The number of hydrogen-bond donors (Lipinski definition) is 2. The highest BCUT2D eigenvalue weighted by Crippen LogP contribution is 2.30. The molecule has 0 fully saturated rings. The number of benzene rings is 1. The normalized spacial score (nSPS) is 15.1. The van der Waals surface area contributed by atoms with Crippen molar-refractivity contribution >= 4 is 34.0 Å². The minimum absolute atomic E-state index is 0. The minimum Gasteiger partial charge on any atom is -0.316 e. The summed E-state index contributed by atoms with van der Waals surface area (Å²) in [5, 5.41) is 2.97. The van der Waals surface area contributed by atoms with Crippen molar-refractivity contribution in [1.82, 2.24) is 10.0 Å². The van der Waals surface area contributed by atoms with Gasteiger partial charge in [-0.25, -0.2) is 13.1 Å². The van der Waals surface area contributed by atoms with Crippen LogP contribution in [0.5, 0.6) is 0 Å². The minimum atomic E-state index is -3.56. The van der Waals surface area contributed by atoms with Crippen molar-refractivity contribution in [3.63, 3.8) is 0 Å². The first kappa shape index (κ1) is 18.9. The first-order valence-corrected chi connectivity index (χ1v) is 8.41. The number of fused-ring (bicyclic) bond motifs is 1. The number of likely N-dealkylation sites (N-methyl/N-ethyl adjacent to an activating group) is 1. The third-order valence-corrected chi connectivity index (χ3v) is 5.14. The summed E-state index contributed by atoms with van der Waals surface area (Å²) in [5.41, 5.74) is 1.71. The summed E-state index contributed by atoms with van der Waals surface area (Å²) < 4.78 is 27.1. The number of amides is 1. The SMILES string of the molecule is CNC(C)CNS(=O)(=O)c1ccc2c(c1)N(C(C)=O)CC2.Cl. The van der Waals surface area contributed by atoms with Crippen molar-refractivity contribution in [3.8, 4) is 0 Å². The highest BCUT2D eigenvalue weighted by molar-refractivity contribution is 7.89. The van der Waals surface area contributed by atoms with Gasteiger partial charge in [0.2, 0.25) is 15.9 Å². The number of hydrogen-bond acceptors (Lipinski definition) is 4. The molecule has 1 aliphatic rings. The fraction of sp³-hybridized carbons (Fsp3) is 0.500. The zero-order valence-electron chi connectivity index (χ0n) is 12.9. The molecule has 8 heteroatoms. The Morgan fingerprint density at radius 1 is 1.41 bits per heavy atom. The largest absolute Gasteiger partial charge is 0.316 e. The van der Waals surface area contributed by atoms with Crippen LogP contribution in [0.3, 0.4) is 0 Å². The Labute approximate surface area is 137 Å². The first-order chi connectivity index (χ1) is 9.85. The predicted molar refractivity (Wildman–Crippen MR) is 89.1 cm³/mol. The Morgan fingerprint density at radius 2 is 2.09 bits per heavy atom. The second kappa shape index (κ2) is 7.41. The van der Waals surface area contributed by atoms with Crippen LogP contribution in [0.2, 0.25) is 0 Å². The standard InChI is InChI=1S/C14H21N3O3S.ClH/c1-10(15-3)9-16-21(19,20)13-5-4-12-6-7-17(11(2)18)14(12)8-13;/h4-5,8,10,15-16H,6-7,9H2,1-3H3;1H. The molecule has 1 aromatic carbocycles. The molecule has 0 aliphatic carbocycles. The van der Waals surface area contributed by atoms with Gasteiger partial charge in [-0.3, -0.25) is 4.79 Å². The van der Waals surface area contributed by atoms with Gasteiger partial charge in [0, 0.05) is 31.7 Å². The molecule has 1 aliphatic heterocycles. The summed E-state index contributed by atoms with van der Waals surface area (Å²) in [6.45, 7) is 4.30. The lowest BCUT2D eigenvalue weighted by molar-refractivity contribution is -0.116. The van der Waals surface area contributed by atoms with Gasteiger partial charge in [0.25, 0.3) is 0 Å². The molecule has 2 N–H and O–H groups in total. The van der Waals surface area contributed by atoms with E-state index in [2.05, 4.69) is 10.0 Å². The lowest BCUT2D eigenvalue weighted by Gasteiger charge is -2.16. The molecule has 1 aromatic rings. The fourth-order valence-electron chi connectivity index (χ4n) is 2.27. The fourth-order valence-corrected chi connectivity index (χ4v) is 3.42. The Kier molecular flexibility index (Phi) is 6.37. The maximum absolute atomic E-state index is 12.3. The van der Waals surface area contributed by atoms with Crippen molar-refractivity contribution in [1.29, 1.82) is 0 Å². The van der Waals surface area contributed by atoms with Gasteiger partial charge in [0.15, 0.2) is 0 Å². The lowest BCUT2D eigenvalue weighted by atomic mass is 10.2. The van der Waals surface area contributed by atoms with Crippen LogP contribution in [0, 0.1) is 0 Å². The number of halogens is 1. The van der Waals surface area contributed by atoms with Crippen molar-refractivity contribution in [2.75, 3.05) is 25.0 Å². The van der Waals surface area contributed by atoms with E-state index in [0.717, 1.165) is 12.0 Å². The second-order valence-electron chi connectivity index (χ2n) is 5.25. The van der Waals surface area contributed by atoms with Crippen LogP contribution in [0.15, 0.2) is 23.1 Å². The van der Waals surface area contributed by atoms with Crippen LogP contribution in [-0.4, -0.2) is 40.5 Å². The molecule has 1 atom stereocenters. The highest BCUT2D eigenvalue weighted by atomic mass is 35.5. The zero-order valence-corrected chi connectivity index (χ0v) is 14.6. The van der Waals surface area contributed by atoms with E-state index >= 15 is 0 Å². The second-order valence-corrected chi connectivity index (χ2v) is 7.02. The van der Waals surface area contributed by atoms with E-state index < -0.39 is 10.0 Å². The average Bonchev–Trinajstić information content (AvgIpc) is 2.87. The number of carbonyl (C=O) groups is 1. The quantitative estimate of drug-likeness (QED) is 0.829. The van der Waals surface area contributed by atoms with E-state index in [0.29, 0.717) is 18.8 Å². The van der Waals surface area contributed by atoms with E-state index in [1.54, 1.807) is 30.1 Å². The molecule has 0 aromatic heterocycles. The topological polar surface area (TPSA) is 78.5 Å². The zero-order chi connectivity index (χ0) is 15.6. The molecule has 1 unspecified atom stereocenters. The molecule has 22 heavy (non-hydrogen) atoms. The molecule has 0 spiro atoms. The number of nitrogens with zero attached hydrogens (tertiary/aromatic N) is 1. The van der Waals surface area contributed by atoms with Gasteiger partial charge in [0.05, 0.1) is 4.90 Å². The van der Waals surface area contributed by atoms with Gasteiger partial charge in [-0.2, -0.15) is 0 Å². The summed E-state index contributed by atoms with van der Waals surface area (Å²) in [6.07, 6.45) is 0.763. The Hall–Kier alpha value is -1.15. The van der Waals surface area contributed by atoms with E-state index in [1.165, 1.54) is 6.92 Å². The average molecular weight is 348 g/mol. The maximum Gasteiger partial charge on any atom is 0.240 e. The summed E-state index contributed by atoms with van der Waals surface area (Å²) in [5.74, 6) is -0.0694. The molecule has 1 heterocycles. The predicted octanol–water partition coefficient (Wildman–Crippen LogP) is 0.904. The molecule has 0 saturated heterocycles.